The molecule has 1 aromatic heterocycles. The molecule has 100 valence electrons. The average Bonchev–Trinajstić information content (AvgIpc) is 2.64. The van der Waals surface area contributed by atoms with E-state index in [0.29, 0.717) is 11.3 Å². The summed E-state index contributed by atoms with van der Waals surface area (Å²) in [6.45, 7) is 5.35. The van der Waals surface area contributed by atoms with Crippen molar-refractivity contribution in [2.45, 2.75) is 20.8 Å². The molecule has 0 amide bonds. The number of anilines is 1. The molecule has 4 heteroatoms. The summed E-state index contributed by atoms with van der Waals surface area (Å²) in [5.74, 6) is 0.806. The first kappa shape index (κ1) is 13.2. The van der Waals surface area contributed by atoms with Crippen LogP contribution in [0, 0.1) is 13.8 Å². The molecular formula is C15H18N2O2. The quantitative estimate of drug-likeness (QED) is 0.831. The van der Waals surface area contributed by atoms with Crippen molar-refractivity contribution in [1.29, 1.82) is 0 Å². The lowest BCUT2D eigenvalue weighted by molar-refractivity contribution is 0.101. The summed E-state index contributed by atoms with van der Waals surface area (Å²) in [6, 6.07) is 5.81. The molecule has 0 aliphatic heterocycles. The number of ketones is 1. The number of aryl methyl sites for hydroxylation is 2. The molecule has 0 saturated carbocycles. The number of carbonyl (C=O) groups is 1. The fourth-order valence-corrected chi connectivity index (χ4v) is 2.36. The molecule has 4 nitrogen and oxygen atoms in total. The molecule has 0 unspecified atom stereocenters. The smallest absolute Gasteiger partial charge is 0.163 e. The molecule has 0 fully saturated rings. The lowest BCUT2D eigenvalue weighted by Gasteiger charge is -2.07. The van der Waals surface area contributed by atoms with Gasteiger partial charge >= 0.3 is 0 Å². The predicted octanol–water partition coefficient (Wildman–Crippen LogP) is 3.09. The van der Waals surface area contributed by atoms with Crippen molar-refractivity contribution < 1.29 is 9.53 Å². The Bertz CT molecular complexity index is 642. The highest BCUT2D eigenvalue weighted by atomic mass is 16.5. The highest BCUT2D eigenvalue weighted by molar-refractivity contribution is 6.03. The predicted molar refractivity (Wildman–Crippen MR) is 76.7 cm³/mol. The molecule has 19 heavy (non-hydrogen) atoms. The summed E-state index contributed by atoms with van der Waals surface area (Å²) in [5, 5.41) is 0. The zero-order chi connectivity index (χ0) is 14.2. The van der Waals surface area contributed by atoms with Crippen LogP contribution in [0.3, 0.4) is 0 Å². The van der Waals surface area contributed by atoms with E-state index >= 15 is 0 Å². The molecule has 1 heterocycles. The normalized spacial score (nSPS) is 10.5. The van der Waals surface area contributed by atoms with Gasteiger partial charge < -0.3 is 15.5 Å². The second kappa shape index (κ2) is 4.80. The number of rotatable bonds is 3. The van der Waals surface area contributed by atoms with Crippen LogP contribution < -0.4 is 10.5 Å². The number of aromatic amines is 1. The van der Waals surface area contributed by atoms with E-state index in [1.54, 1.807) is 7.11 Å². The van der Waals surface area contributed by atoms with Gasteiger partial charge in [0.1, 0.15) is 5.75 Å². The number of nitrogen functional groups attached to an aromatic ring is 1. The summed E-state index contributed by atoms with van der Waals surface area (Å²) >= 11 is 0. The van der Waals surface area contributed by atoms with E-state index < -0.39 is 0 Å². The summed E-state index contributed by atoms with van der Waals surface area (Å²) in [4.78, 5) is 14.8. The number of hydrogen-bond donors (Lipinski definition) is 2. The molecular weight excluding hydrogens is 240 g/mol. The SMILES string of the molecule is COc1ccc(-c2[nH]c(C)c(C(C)=O)c2N)cc1C. The standard InChI is InChI=1S/C15H18N2O2/c1-8-7-11(5-6-12(8)19-4)15-14(16)13(10(3)18)9(2)17-15/h5-7,17H,16H2,1-4H3. The van der Waals surface area contributed by atoms with E-state index in [0.717, 1.165) is 28.3 Å². The van der Waals surface area contributed by atoms with E-state index in [4.69, 9.17) is 10.5 Å². The van der Waals surface area contributed by atoms with E-state index in [-0.39, 0.29) is 5.78 Å². The average molecular weight is 258 g/mol. The summed E-state index contributed by atoms with van der Waals surface area (Å²) in [7, 11) is 1.64. The molecule has 0 aliphatic carbocycles. The van der Waals surface area contributed by atoms with Gasteiger partial charge in [-0.25, -0.2) is 0 Å². The van der Waals surface area contributed by atoms with Gasteiger partial charge in [-0.05, 0) is 44.5 Å². The number of hydrogen-bond acceptors (Lipinski definition) is 3. The highest BCUT2D eigenvalue weighted by Crippen LogP contribution is 2.33. The van der Waals surface area contributed by atoms with Crippen molar-refractivity contribution in [2.75, 3.05) is 12.8 Å². The van der Waals surface area contributed by atoms with Crippen molar-refractivity contribution in [3.63, 3.8) is 0 Å². The molecule has 3 N–H and O–H groups in total. The van der Waals surface area contributed by atoms with Gasteiger partial charge in [-0.3, -0.25) is 4.79 Å². The van der Waals surface area contributed by atoms with Crippen LogP contribution in [-0.2, 0) is 0 Å². The topological polar surface area (TPSA) is 68.1 Å². The number of aromatic nitrogens is 1. The van der Waals surface area contributed by atoms with Gasteiger partial charge in [0, 0.05) is 11.3 Å². The Balaban J connectivity index is 2.57. The molecule has 0 radical (unpaired) electrons. The van der Waals surface area contributed by atoms with Crippen molar-refractivity contribution in [2.24, 2.45) is 0 Å². The van der Waals surface area contributed by atoms with Crippen molar-refractivity contribution in [3.8, 4) is 17.0 Å². The second-order valence-corrected chi connectivity index (χ2v) is 4.65. The van der Waals surface area contributed by atoms with Crippen LogP contribution >= 0.6 is 0 Å². The maximum atomic E-state index is 11.6. The molecule has 1 aromatic carbocycles. The first-order chi connectivity index (χ1) is 8.95. The Kier molecular flexibility index (Phi) is 3.34. The Hall–Kier alpha value is -2.23. The Labute approximate surface area is 112 Å². The van der Waals surface area contributed by atoms with Crippen LogP contribution in [0.25, 0.3) is 11.3 Å². The number of nitrogens with one attached hydrogen (secondary N) is 1. The van der Waals surface area contributed by atoms with Crippen LogP contribution in [0.2, 0.25) is 0 Å². The van der Waals surface area contributed by atoms with Crippen molar-refractivity contribution in [1.82, 2.24) is 4.98 Å². The van der Waals surface area contributed by atoms with Crippen LogP contribution in [-0.4, -0.2) is 17.9 Å². The minimum atomic E-state index is -0.0252. The summed E-state index contributed by atoms with van der Waals surface area (Å²) < 4.78 is 5.24. The Morgan fingerprint density at radius 3 is 2.47 bits per heavy atom. The Morgan fingerprint density at radius 1 is 1.32 bits per heavy atom. The van der Waals surface area contributed by atoms with E-state index in [9.17, 15) is 4.79 Å². The van der Waals surface area contributed by atoms with Gasteiger partial charge in [0.25, 0.3) is 0 Å². The van der Waals surface area contributed by atoms with Crippen LogP contribution in [0.15, 0.2) is 18.2 Å². The fraction of sp³-hybridized carbons (Fsp3) is 0.267. The third-order valence-electron chi connectivity index (χ3n) is 3.26. The number of carbonyl (C=O) groups excluding carboxylic acids is 1. The van der Waals surface area contributed by atoms with E-state index in [1.807, 2.05) is 32.0 Å². The Morgan fingerprint density at radius 2 is 2.00 bits per heavy atom. The fourth-order valence-electron chi connectivity index (χ4n) is 2.36. The first-order valence-corrected chi connectivity index (χ1v) is 6.09. The molecule has 0 aliphatic rings. The van der Waals surface area contributed by atoms with E-state index in [2.05, 4.69) is 4.98 Å². The molecule has 2 aromatic rings. The summed E-state index contributed by atoms with van der Waals surface area (Å²) in [6.07, 6.45) is 0. The molecule has 0 saturated heterocycles. The van der Waals surface area contributed by atoms with Gasteiger partial charge in [-0.1, -0.05) is 0 Å². The maximum absolute atomic E-state index is 11.6. The minimum absolute atomic E-state index is 0.0252. The monoisotopic (exact) mass is 258 g/mol. The number of nitrogens with two attached hydrogens (primary N) is 1. The van der Waals surface area contributed by atoms with Gasteiger partial charge in [0.2, 0.25) is 0 Å². The molecule has 0 spiro atoms. The number of benzene rings is 1. The first-order valence-electron chi connectivity index (χ1n) is 6.09. The molecule has 0 atom stereocenters. The number of H-pyrrole nitrogens is 1. The van der Waals surface area contributed by atoms with Crippen LogP contribution in [0.5, 0.6) is 5.75 Å². The zero-order valence-corrected chi connectivity index (χ0v) is 11.6. The largest absolute Gasteiger partial charge is 0.496 e. The van der Waals surface area contributed by atoms with Gasteiger partial charge in [0.15, 0.2) is 5.78 Å². The minimum Gasteiger partial charge on any atom is -0.496 e. The number of ether oxygens (including phenoxy) is 1. The second-order valence-electron chi connectivity index (χ2n) is 4.65. The van der Waals surface area contributed by atoms with Crippen molar-refractivity contribution in [3.05, 3.63) is 35.0 Å². The molecule has 0 bridgehead atoms. The van der Waals surface area contributed by atoms with Gasteiger partial charge in [-0.2, -0.15) is 0 Å². The van der Waals surface area contributed by atoms with Gasteiger partial charge in [0.05, 0.1) is 24.1 Å². The lowest BCUT2D eigenvalue weighted by atomic mass is 10.0. The maximum Gasteiger partial charge on any atom is 0.163 e. The third-order valence-corrected chi connectivity index (χ3v) is 3.26. The van der Waals surface area contributed by atoms with E-state index in [1.165, 1.54) is 6.92 Å². The lowest BCUT2D eigenvalue weighted by Crippen LogP contribution is -1.98. The van der Waals surface area contributed by atoms with Crippen molar-refractivity contribution >= 4 is 11.5 Å². The number of methoxy groups -OCH3 is 1. The third kappa shape index (κ3) is 2.21. The number of Topliss-reactive ketones (excluding diaryl/α,β-unsaturated/α-hetero) is 1. The molecule has 2 rings (SSSR count). The highest BCUT2D eigenvalue weighted by Gasteiger charge is 2.17. The van der Waals surface area contributed by atoms with Crippen LogP contribution in [0.1, 0.15) is 28.5 Å². The van der Waals surface area contributed by atoms with Crippen LogP contribution in [0.4, 0.5) is 5.69 Å². The van der Waals surface area contributed by atoms with Gasteiger partial charge in [-0.15, -0.1) is 0 Å². The summed E-state index contributed by atoms with van der Waals surface area (Å²) in [5.41, 5.74) is 10.7. The zero-order valence-electron chi connectivity index (χ0n) is 11.6.